The molecule has 0 radical (unpaired) electrons. The van der Waals surface area contributed by atoms with Crippen LogP contribution >= 0.6 is 0 Å². The Hall–Kier alpha value is -0.850. The lowest BCUT2D eigenvalue weighted by molar-refractivity contribution is 1.25. The molecule has 0 aliphatic carbocycles. The van der Waals surface area contributed by atoms with Crippen molar-refractivity contribution < 1.29 is 0 Å². The van der Waals surface area contributed by atoms with Crippen molar-refractivity contribution in [1.29, 1.82) is 0 Å². The van der Waals surface area contributed by atoms with Crippen LogP contribution in [0, 0.1) is 0 Å². The number of hydrogen-bond donors (Lipinski definition) is 0. The lowest BCUT2D eigenvalue weighted by atomic mass is 10.1. The minimum Gasteiger partial charge on any atom is -0.262 e. The maximum absolute atomic E-state index is 4.05. The third-order valence-corrected chi connectivity index (χ3v) is 1.25. The molecule has 1 heterocycles. The maximum atomic E-state index is 4.05. The Bertz CT molecular complexity index is 163. The van der Waals surface area contributed by atoms with E-state index in [-0.39, 0.29) is 0 Å². The Labute approximate surface area is 49.4 Å². The Morgan fingerprint density at radius 2 is 2.50 bits per heavy atom. The highest BCUT2D eigenvalue weighted by molar-refractivity contribution is 5.98. The molecule has 0 aromatic heterocycles. The van der Waals surface area contributed by atoms with Crippen LogP contribution in [-0.4, -0.2) is 5.71 Å². The van der Waals surface area contributed by atoms with Crippen LogP contribution in [0.25, 0.3) is 0 Å². The Balaban J connectivity index is 2.80. The van der Waals surface area contributed by atoms with E-state index in [0.717, 1.165) is 17.7 Å². The minimum atomic E-state index is 0.968. The van der Waals surface area contributed by atoms with Gasteiger partial charge in [0.1, 0.15) is 0 Å². The fourth-order valence-electron chi connectivity index (χ4n) is 0.598. The molecule has 0 fully saturated rings. The number of nitrogens with zero attached hydrogens (tertiary/aromatic N) is 1. The van der Waals surface area contributed by atoms with Crippen LogP contribution < -0.4 is 0 Å². The molecule has 0 saturated heterocycles. The van der Waals surface area contributed by atoms with Gasteiger partial charge in [-0.3, -0.25) is 4.99 Å². The van der Waals surface area contributed by atoms with Crippen molar-refractivity contribution in [2.45, 2.75) is 13.3 Å². The van der Waals surface area contributed by atoms with Crippen LogP contribution in [0.1, 0.15) is 13.3 Å². The number of aliphatic imine (C=N–C) groups is 1. The second kappa shape index (κ2) is 1.95. The van der Waals surface area contributed by atoms with Gasteiger partial charge < -0.3 is 0 Å². The van der Waals surface area contributed by atoms with Crippen molar-refractivity contribution >= 4 is 5.71 Å². The fraction of sp³-hybridized carbons (Fsp3) is 0.286. The standard InChI is InChI=1S/C7H9N/c1-6-4-3-5-8-7(6)2/h3,5H,1,4H2,2H3. The summed E-state index contributed by atoms with van der Waals surface area (Å²) in [4.78, 5) is 4.05. The highest BCUT2D eigenvalue weighted by Crippen LogP contribution is 2.07. The Kier molecular flexibility index (Phi) is 1.29. The van der Waals surface area contributed by atoms with Crippen LogP contribution in [0.3, 0.4) is 0 Å². The van der Waals surface area contributed by atoms with Gasteiger partial charge in [-0.15, -0.1) is 0 Å². The van der Waals surface area contributed by atoms with Gasteiger partial charge in [0.05, 0.1) is 0 Å². The van der Waals surface area contributed by atoms with E-state index in [2.05, 4.69) is 11.6 Å². The predicted molar refractivity (Wildman–Crippen MR) is 36.0 cm³/mol. The van der Waals surface area contributed by atoms with Gasteiger partial charge in [-0.25, -0.2) is 0 Å². The predicted octanol–water partition coefficient (Wildman–Crippen LogP) is 1.92. The first-order chi connectivity index (χ1) is 3.80. The molecule has 0 amide bonds. The molecule has 0 atom stereocenters. The van der Waals surface area contributed by atoms with Crippen LogP contribution in [0.2, 0.25) is 0 Å². The second-order valence-electron chi connectivity index (χ2n) is 1.91. The molecular weight excluding hydrogens is 98.1 g/mol. The summed E-state index contributed by atoms with van der Waals surface area (Å²) in [5.41, 5.74) is 2.19. The van der Waals surface area contributed by atoms with E-state index >= 15 is 0 Å². The first-order valence-corrected chi connectivity index (χ1v) is 2.68. The summed E-state index contributed by atoms with van der Waals surface area (Å²) in [6.45, 7) is 5.79. The third-order valence-electron chi connectivity index (χ3n) is 1.25. The normalized spacial score (nSPS) is 18.6. The number of hydrogen-bond acceptors (Lipinski definition) is 1. The van der Waals surface area contributed by atoms with Crippen molar-refractivity contribution in [1.82, 2.24) is 0 Å². The van der Waals surface area contributed by atoms with E-state index in [0.29, 0.717) is 0 Å². The molecule has 0 aromatic rings. The molecule has 1 rings (SSSR count). The zero-order valence-corrected chi connectivity index (χ0v) is 5.02. The van der Waals surface area contributed by atoms with Gasteiger partial charge in [-0.1, -0.05) is 12.7 Å². The lowest BCUT2D eigenvalue weighted by Crippen LogP contribution is -1.96. The highest BCUT2D eigenvalue weighted by Gasteiger charge is 1.97. The lowest BCUT2D eigenvalue weighted by Gasteiger charge is -2.03. The van der Waals surface area contributed by atoms with Gasteiger partial charge in [0.25, 0.3) is 0 Å². The molecule has 0 bridgehead atoms. The van der Waals surface area contributed by atoms with Gasteiger partial charge in [-0.05, 0) is 18.9 Å². The average Bonchev–Trinajstić information content (AvgIpc) is 1.77. The topological polar surface area (TPSA) is 12.4 Å². The minimum absolute atomic E-state index is 0.968. The third kappa shape index (κ3) is 0.861. The molecule has 8 heavy (non-hydrogen) atoms. The van der Waals surface area contributed by atoms with Gasteiger partial charge in [-0.2, -0.15) is 0 Å². The second-order valence-corrected chi connectivity index (χ2v) is 1.91. The van der Waals surface area contributed by atoms with Gasteiger partial charge in [0, 0.05) is 11.9 Å². The van der Waals surface area contributed by atoms with Crippen molar-refractivity contribution in [2.24, 2.45) is 4.99 Å². The summed E-state index contributed by atoms with van der Waals surface area (Å²) in [6.07, 6.45) is 4.80. The molecule has 42 valence electrons. The summed E-state index contributed by atoms with van der Waals surface area (Å²) >= 11 is 0. The monoisotopic (exact) mass is 107 g/mol. The van der Waals surface area contributed by atoms with Crippen LogP contribution in [0.4, 0.5) is 0 Å². The summed E-state index contributed by atoms with van der Waals surface area (Å²) in [6, 6.07) is 0. The highest BCUT2D eigenvalue weighted by atomic mass is 14.7. The Morgan fingerprint density at radius 1 is 1.75 bits per heavy atom. The molecule has 0 saturated carbocycles. The fourth-order valence-corrected chi connectivity index (χ4v) is 0.598. The van der Waals surface area contributed by atoms with E-state index < -0.39 is 0 Å². The average molecular weight is 107 g/mol. The first-order valence-electron chi connectivity index (χ1n) is 2.68. The van der Waals surface area contributed by atoms with Crippen molar-refractivity contribution in [3.63, 3.8) is 0 Å². The first kappa shape index (κ1) is 5.29. The van der Waals surface area contributed by atoms with Crippen LogP contribution in [0.15, 0.2) is 29.4 Å². The van der Waals surface area contributed by atoms with Crippen molar-refractivity contribution in [3.05, 3.63) is 24.4 Å². The van der Waals surface area contributed by atoms with Crippen LogP contribution in [-0.2, 0) is 0 Å². The summed E-state index contributed by atoms with van der Waals surface area (Å²) in [5, 5.41) is 0. The van der Waals surface area contributed by atoms with E-state index in [1.54, 1.807) is 0 Å². The molecule has 1 nitrogen and oxygen atoms in total. The zero-order chi connectivity index (χ0) is 5.98. The van der Waals surface area contributed by atoms with E-state index in [1.165, 1.54) is 0 Å². The van der Waals surface area contributed by atoms with Gasteiger partial charge in [0.2, 0.25) is 0 Å². The van der Waals surface area contributed by atoms with Crippen LogP contribution in [0.5, 0.6) is 0 Å². The molecule has 0 spiro atoms. The van der Waals surface area contributed by atoms with Crippen molar-refractivity contribution in [3.8, 4) is 0 Å². The molecule has 0 aromatic carbocycles. The summed E-state index contributed by atoms with van der Waals surface area (Å²) in [5.74, 6) is 0. The summed E-state index contributed by atoms with van der Waals surface area (Å²) < 4.78 is 0. The van der Waals surface area contributed by atoms with E-state index in [9.17, 15) is 0 Å². The quantitative estimate of drug-likeness (QED) is 0.448. The van der Waals surface area contributed by atoms with Gasteiger partial charge in [0.15, 0.2) is 0 Å². The molecule has 1 aliphatic rings. The smallest absolute Gasteiger partial charge is 0.0401 e. The molecule has 0 N–H and O–H groups in total. The van der Waals surface area contributed by atoms with E-state index in [1.807, 2.05) is 19.2 Å². The molecule has 1 aliphatic heterocycles. The SMILES string of the molecule is C=C1CC=CN=C1C. The molecule has 0 unspecified atom stereocenters. The molecule has 1 heteroatoms. The largest absolute Gasteiger partial charge is 0.262 e. The van der Waals surface area contributed by atoms with Crippen molar-refractivity contribution in [2.75, 3.05) is 0 Å². The number of rotatable bonds is 0. The van der Waals surface area contributed by atoms with Gasteiger partial charge >= 0.3 is 0 Å². The summed E-state index contributed by atoms with van der Waals surface area (Å²) in [7, 11) is 0. The molecular formula is C7H9N. The number of allylic oxidation sites excluding steroid dienone is 2. The Morgan fingerprint density at radius 3 is 2.88 bits per heavy atom. The maximum Gasteiger partial charge on any atom is 0.0401 e. The zero-order valence-electron chi connectivity index (χ0n) is 5.02. The van der Waals surface area contributed by atoms with E-state index in [4.69, 9.17) is 0 Å².